The van der Waals surface area contributed by atoms with E-state index in [0.717, 1.165) is 84.0 Å². The van der Waals surface area contributed by atoms with Crippen LogP contribution in [0.3, 0.4) is 0 Å². The summed E-state index contributed by atoms with van der Waals surface area (Å²) in [6, 6.07) is 131. The van der Waals surface area contributed by atoms with E-state index in [-0.39, 0.29) is 0 Å². The number of hydrogen-bond acceptors (Lipinski definition) is 2. The van der Waals surface area contributed by atoms with Gasteiger partial charge in [0.05, 0.1) is 66.2 Å². The van der Waals surface area contributed by atoms with Gasteiger partial charge in [0.2, 0.25) is 0 Å². The molecule has 0 amide bonds. The maximum atomic E-state index is 5.17. The van der Waals surface area contributed by atoms with Crippen LogP contribution in [-0.4, -0.2) is 40.7 Å². The molecule has 17 aromatic carbocycles. The predicted octanol–water partition coefficient (Wildman–Crippen LogP) is 28.6. The van der Waals surface area contributed by atoms with E-state index < -0.39 is 0 Å². The van der Waals surface area contributed by atoms with Gasteiger partial charge < -0.3 is 27.4 Å². The van der Waals surface area contributed by atoms with Gasteiger partial charge in [0.25, 0.3) is 0 Å². The first kappa shape index (κ1) is 65.2. The molecule has 7 heterocycles. The fourth-order valence-electron chi connectivity index (χ4n) is 19.9. The van der Waals surface area contributed by atoms with Crippen molar-refractivity contribution >= 4 is 169 Å². The topological polar surface area (TPSA) is 41.9 Å². The molecule has 0 fully saturated rings. The van der Waals surface area contributed by atoms with Gasteiger partial charge in [-0.3, -0.25) is 4.99 Å². The Labute approximate surface area is 665 Å². The summed E-state index contributed by atoms with van der Waals surface area (Å²) >= 11 is 1.89. The van der Waals surface area contributed by atoms with E-state index in [1.54, 1.807) is 0 Å². The SMILES string of the molecule is C/N=C\c1c(-c2ccc(-n3c4ccccc4c4cc5c(cc43)c3ccccc3n5-c3ccccc3)cc2C)c(-c2ccc(-n3c4ccccc4c4cc5c(cc43)c3ccccc3n5-c3ccccc3)cc2C)c2c(sc3ccccc32)c1-c1ccc(-n2c3ccccc3c3cc4c(cc32)c2ccccc2n4-c2ccccc2)cc1C. The molecule has 0 aliphatic heterocycles. The number of thiophene rings is 1. The van der Waals surface area contributed by atoms with Gasteiger partial charge in [-0.25, -0.2) is 0 Å². The van der Waals surface area contributed by atoms with Crippen LogP contribution in [0.15, 0.2) is 357 Å². The highest BCUT2D eigenvalue weighted by molar-refractivity contribution is 7.26. The quantitative estimate of drug-likeness (QED) is 0.123. The Kier molecular flexibility index (Phi) is 14.1. The molecule has 0 aliphatic carbocycles. The van der Waals surface area contributed by atoms with Gasteiger partial charge in [-0.1, -0.05) is 200 Å². The Bertz CT molecular complexity index is 8320. The Morgan fingerprint density at radius 1 is 0.226 bits per heavy atom. The highest BCUT2D eigenvalue weighted by Gasteiger charge is 2.30. The van der Waals surface area contributed by atoms with Gasteiger partial charge in [-0.2, -0.15) is 0 Å². The van der Waals surface area contributed by atoms with Gasteiger partial charge >= 0.3 is 0 Å². The number of para-hydroxylation sites is 9. The average Bonchev–Trinajstić information content (AvgIpc) is 1.65. The Hall–Kier alpha value is -14.6. The van der Waals surface area contributed by atoms with Crippen LogP contribution in [0, 0.1) is 20.8 Å². The number of aliphatic imine (C=N–C) groups is 1. The number of benzene rings is 17. The minimum Gasteiger partial charge on any atom is -0.309 e. The highest BCUT2D eigenvalue weighted by atomic mass is 32.1. The van der Waals surface area contributed by atoms with Crippen molar-refractivity contribution < 1.29 is 0 Å². The van der Waals surface area contributed by atoms with Crippen LogP contribution in [0.4, 0.5) is 0 Å². The van der Waals surface area contributed by atoms with Crippen LogP contribution in [0.1, 0.15) is 22.3 Å². The molecule has 0 bridgehead atoms. The van der Waals surface area contributed by atoms with E-state index in [1.165, 1.54) is 157 Å². The third-order valence-electron chi connectivity index (χ3n) is 24.8. The lowest BCUT2D eigenvalue weighted by Crippen LogP contribution is -2.03. The summed E-state index contributed by atoms with van der Waals surface area (Å²) in [5.41, 5.74) is 32.4. The molecule has 0 N–H and O–H groups in total. The van der Waals surface area contributed by atoms with Crippen molar-refractivity contribution in [2.75, 3.05) is 7.05 Å². The van der Waals surface area contributed by atoms with E-state index in [4.69, 9.17) is 4.99 Å². The first-order valence-electron chi connectivity index (χ1n) is 39.6. The Morgan fingerprint density at radius 2 is 0.487 bits per heavy atom. The Balaban J connectivity index is 0.747. The molecule has 7 aromatic heterocycles. The van der Waals surface area contributed by atoms with E-state index >= 15 is 0 Å². The van der Waals surface area contributed by atoms with Crippen LogP contribution < -0.4 is 0 Å². The van der Waals surface area contributed by atoms with Crippen molar-refractivity contribution in [3.05, 3.63) is 374 Å². The van der Waals surface area contributed by atoms with Crippen LogP contribution in [-0.2, 0) is 0 Å². The van der Waals surface area contributed by atoms with Gasteiger partial charge in [0.1, 0.15) is 0 Å². The van der Waals surface area contributed by atoms with Crippen LogP contribution >= 0.6 is 11.3 Å². The molecule has 0 unspecified atom stereocenters. The molecule has 0 atom stereocenters. The first-order chi connectivity index (χ1) is 56.8. The van der Waals surface area contributed by atoms with Crippen molar-refractivity contribution in [3.8, 4) is 67.5 Å². The van der Waals surface area contributed by atoms with Gasteiger partial charge in [0.15, 0.2) is 0 Å². The standard InChI is InChI=1S/C107H71N7S/c1-64-54-70(112-93-44-24-17-37-79(93)86-57-96-83(60-99(86)112)76-34-14-21-41-90(76)109(96)67-28-8-5-9-29-67)48-51-73(64)103-89(63-108-4)104(74-52-49-71(55-65(74)2)113-94-45-25-18-38-80(94)87-58-97-84(61-100(87)113)77-35-15-22-42-91(77)110(97)68-30-10-6-11-31-68)107-106(82-40-20-27-47-102(82)115-107)105(103)75-53-50-72(56-66(75)3)114-95-46-26-19-39-81(95)88-59-98-85(62-101(88)114)78-36-16-23-43-92(78)111(98)69-32-12-7-13-33-69/h5-63H,1-4H3/b108-63-. The van der Waals surface area contributed by atoms with Crippen molar-refractivity contribution in [1.29, 1.82) is 0 Å². The van der Waals surface area contributed by atoms with Crippen molar-refractivity contribution in [2.45, 2.75) is 20.8 Å². The minimum absolute atomic E-state index is 1.08. The largest absolute Gasteiger partial charge is 0.309 e. The van der Waals surface area contributed by atoms with E-state index in [1.807, 2.05) is 18.4 Å². The molecule has 0 saturated carbocycles. The molecule has 24 aromatic rings. The Morgan fingerprint density at radius 3 is 0.791 bits per heavy atom. The fourth-order valence-corrected chi connectivity index (χ4v) is 21.2. The second-order valence-corrected chi connectivity index (χ2v) is 32.1. The number of rotatable bonds is 10. The van der Waals surface area contributed by atoms with Crippen molar-refractivity contribution in [3.63, 3.8) is 0 Å². The third-order valence-corrected chi connectivity index (χ3v) is 26.0. The number of aromatic nitrogens is 6. The normalized spacial score (nSPS) is 12.3. The molecule has 0 aliphatic rings. The lowest BCUT2D eigenvalue weighted by molar-refractivity contribution is 1.17. The minimum atomic E-state index is 1.08. The molecule has 0 spiro atoms. The van der Waals surface area contributed by atoms with Gasteiger partial charge in [0, 0.05) is 143 Å². The van der Waals surface area contributed by atoms with Crippen molar-refractivity contribution in [1.82, 2.24) is 27.4 Å². The van der Waals surface area contributed by atoms with Gasteiger partial charge in [-0.05, 0) is 217 Å². The number of aryl methyl sites for hydroxylation is 3. The smallest absolute Gasteiger partial charge is 0.0548 e. The summed E-state index contributed by atoms with van der Waals surface area (Å²) in [5.74, 6) is 0. The van der Waals surface area contributed by atoms with E-state index in [0.29, 0.717) is 0 Å². The molecule has 24 rings (SSSR count). The predicted molar refractivity (Wildman–Crippen MR) is 489 cm³/mol. The maximum Gasteiger partial charge on any atom is 0.0548 e. The zero-order chi connectivity index (χ0) is 76.0. The average molecular weight is 1490 g/mol. The fraction of sp³-hybridized carbons (Fsp3) is 0.0374. The molecule has 115 heavy (non-hydrogen) atoms. The van der Waals surface area contributed by atoms with Gasteiger partial charge in [-0.15, -0.1) is 11.3 Å². The second kappa shape index (κ2) is 25.0. The maximum absolute atomic E-state index is 5.17. The van der Waals surface area contributed by atoms with Crippen molar-refractivity contribution in [2.24, 2.45) is 4.99 Å². The summed E-state index contributed by atoms with van der Waals surface area (Å²) in [4.78, 5) is 5.17. The molecular weight excluding hydrogens is 1420 g/mol. The lowest BCUT2D eigenvalue weighted by atomic mass is 9.80. The summed E-state index contributed by atoms with van der Waals surface area (Å²) in [7, 11) is 1.94. The monoisotopic (exact) mass is 1490 g/mol. The zero-order valence-corrected chi connectivity index (χ0v) is 64.4. The lowest BCUT2D eigenvalue weighted by Gasteiger charge is -2.24. The van der Waals surface area contributed by atoms with Crippen LogP contribution in [0.25, 0.3) is 219 Å². The molecule has 8 heteroatoms. The number of fused-ring (bicyclic) bond motifs is 21. The molecular formula is C107H71N7S. The van der Waals surface area contributed by atoms with Crippen LogP contribution in [0.2, 0.25) is 0 Å². The first-order valence-corrected chi connectivity index (χ1v) is 40.4. The molecule has 540 valence electrons. The third kappa shape index (κ3) is 9.43. The van der Waals surface area contributed by atoms with E-state index in [9.17, 15) is 0 Å². The molecule has 0 radical (unpaired) electrons. The summed E-state index contributed by atoms with van der Waals surface area (Å²) < 4.78 is 17.3. The molecule has 7 nitrogen and oxygen atoms in total. The van der Waals surface area contributed by atoms with Crippen LogP contribution in [0.5, 0.6) is 0 Å². The number of nitrogens with zero attached hydrogens (tertiary/aromatic N) is 7. The second-order valence-electron chi connectivity index (χ2n) is 31.0. The van der Waals surface area contributed by atoms with E-state index in [2.05, 4.69) is 406 Å². The summed E-state index contributed by atoms with van der Waals surface area (Å²) in [6.45, 7) is 6.98. The highest BCUT2D eigenvalue weighted by Crippen LogP contribution is 2.55. The zero-order valence-electron chi connectivity index (χ0n) is 63.6. The summed E-state index contributed by atoms with van der Waals surface area (Å²) in [6.07, 6.45) is 2.17. The molecule has 0 saturated heterocycles. The number of hydrogen-bond donors (Lipinski definition) is 0. The summed E-state index contributed by atoms with van der Waals surface area (Å²) in [5, 5.41) is 17.1.